The molecule has 1 aromatic heterocycles. The highest BCUT2D eigenvalue weighted by Gasteiger charge is 2.20. The average molecular weight is 343 g/mol. The normalized spacial score (nSPS) is 15.2. The molecule has 1 heterocycles. The fraction of sp³-hybridized carbons (Fsp3) is 0.320. The fourth-order valence-corrected chi connectivity index (χ4v) is 4.30. The number of benzene rings is 2. The van der Waals surface area contributed by atoms with Crippen LogP contribution in [-0.2, 0) is 7.05 Å². The minimum atomic E-state index is 0.743. The van der Waals surface area contributed by atoms with Crippen LogP contribution in [0.25, 0.3) is 22.4 Å². The number of hydrogen-bond donors (Lipinski definition) is 0. The molecule has 0 unspecified atom stereocenters. The van der Waals surface area contributed by atoms with Crippen molar-refractivity contribution in [3.05, 3.63) is 78.0 Å². The van der Waals surface area contributed by atoms with Crippen LogP contribution in [-0.4, -0.2) is 0 Å². The molecule has 1 saturated carbocycles. The van der Waals surface area contributed by atoms with E-state index in [2.05, 4.69) is 85.4 Å². The first-order chi connectivity index (χ1) is 12.7. The summed E-state index contributed by atoms with van der Waals surface area (Å²) in [7, 11) is 2.16. The van der Waals surface area contributed by atoms with Crippen LogP contribution in [0.15, 0.2) is 66.9 Å². The highest BCUT2D eigenvalue weighted by atomic mass is 14.9. The smallest absolute Gasteiger partial charge is 0.201 e. The SMILES string of the molecule is Cc1cc(-c2ccccc2)ccc1-c1cc(C2CCCCC2)cc[n+]1C. The lowest BCUT2D eigenvalue weighted by Crippen LogP contribution is -2.31. The van der Waals surface area contributed by atoms with E-state index in [4.69, 9.17) is 0 Å². The summed E-state index contributed by atoms with van der Waals surface area (Å²) in [4.78, 5) is 0. The molecular formula is C25H28N+. The highest BCUT2D eigenvalue weighted by molar-refractivity contribution is 5.71. The van der Waals surface area contributed by atoms with Crippen LogP contribution in [0.1, 0.15) is 49.1 Å². The van der Waals surface area contributed by atoms with Gasteiger partial charge in [-0.2, -0.15) is 0 Å². The van der Waals surface area contributed by atoms with Crippen LogP contribution in [0, 0.1) is 6.92 Å². The predicted octanol–water partition coefficient (Wildman–Crippen LogP) is 6.20. The Kier molecular flexibility index (Phi) is 4.88. The van der Waals surface area contributed by atoms with E-state index in [1.165, 1.54) is 65.6 Å². The molecule has 0 spiro atoms. The summed E-state index contributed by atoms with van der Waals surface area (Å²) in [5.41, 5.74) is 8.09. The number of aromatic nitrogens is 1. The van der Waals surface area contributed by atoms with Crippen LogP contribution in [0.3, 0.4) is 0 Å². The van der Waals surface area contributed by atoms with Gasteiger partial charge in [0.15, 0.2) is 6.20 Å². The number of pyridine rings is 1. The van der Waals surface area contributed by atoms with Crippen LogP contribution in [0.2, 0.25) is 0 Å². The second-order valence-electron chi connectivity index (χ2n) is 7.69. The molecule has 0 aliphatic heterocycles. The molecule has 0 N–H and O–H groups in total. The van der Waals surface area contributed by atoms with Crippen molar-refractivity contribution in [3.8, 4) is 22.4 Å². The van der Waals surface area contributed by atoms with E-state index in [1.807, 2.05) is 0 Å². The van der Waals surface area contributed by atoms with E-state index in [1.54, 1.807) is 0 Å². The first kappa shape index (κ1) is 17.0. The summed E-state index contributed by atoms with van der Waals surface area (Å²) >= 11 is 0. The Morgan fingerprint density at radius 1 is 0.808 bits per heavy atom. The van der Waals surface area contributed by atoms with Crippen molar-refractivity contribution in [1.29, 1.82) is 0 Å². The summed E-state index contributed by atoms with van der Waals surface area (Å²) in [5.74, 6) is 0.743. The summed E-state index contributed by atoms with van der Waals surface area (Å²) < 4.78 is 2.26. The molecule has 2 aromatic carbocycles. The van der Waals surface area contributed by atoms with Gasteiger partial charge in [0.05, 0.1) is 0 Å². The van der Waals surface area contributed by atoms with Gasteiger partial charge in [0.1, 0.15) is 7.05 Å². The van der Waals surface area contributed by atoms with Crippen molar-refractivity contribution in [1.82, 2.24) is 0 Å². The first-order valence-electron chi connectivity index (χ1n) is 9.88. The molecule has 1 aliphatic carbocycles. The molecule has 1 aliphatic rings. The number of hydrogen-bond acceptors (Lipinski definition) is 0. The van der Waals surface area contributed by atoms with Crippen molar-refractivity contribution in [2.24, 2.45) is 7.05 Å². The minimum Gasteiger partial charge on any atom is -0.201 e. The average Bonchev–Trinajstić information content (AvgIpc) is 2.70. The largest absolute Gasteiger partial charge is 0.212 e. The maximum Gasteiger partial charge on any atom is 0.212 e. The van der Waals surface area contributed by atoms with Gasteiger partial charge in [0, 0.05) is 17.7 Å². The van der Waals surface area contributed by atoms with E-state index < -0.39 is 0 Å². The zero-order chi connectivity index (χ0) is 17.9. The lowest BCUT2D eigenvalue weighted by Gasteiger charge is -2.22. The Morgan fingerprint density at radius 3 is 2.31 bits per heavy atom. The summed E-state index contributed by atoms with van der Waals surface area (Å²) in [6.07, 6.45) is 9.10. The number of aryl methyl sites for hydroxylation is 2. The molecular weight excluding hydrogens is 314 g/mol. The van der Waals surface area contributed by atoms with Crippen molar-refractivity contribution >= 4 is 0 Å². The molecule has 0 saturated heterocycles. The van der Waals surface area contributed by atoms with Gasteiger partial charge in [0.2, 0.25) is 5.69 Å². The molecule has 132 valence electrons. The predicted molar refractivity (Wildman–Crippen MR) is 109 cm³/mol. The zero-order valence-corrected chi connectivity index (χ0v) is 15.9. The van der Waals surface area contributed by atoms with Gasteiger partial charge in [-0.25, -0.2) is 4.57 Å². The molecule has 0 radical (unpaired) electrons. The summed E-state index contributed by atoms with van der Waals surface area (Å²) in [6, 6.07) is 22.3. The fourth-order valence-electron chi connectivity index (χ4n) is 4.30. The topological polar surface area (TPSA) is 3.88 Å². The van der Waals surface area contributed by atoms with Crippen LogP contribution in [0.5, 0.6) is 0 Å². The Morgan fingerprint density at radius 2 is 1.58 bits per heavy atom. The monoisotopic (exact) mass is 342 g/mol. The van der Waals surface area contributed by atoms with Gasteiger partial charge in [-0.15, -0.1) is 0 Å². The van der Waals surface area contributed by atoms with Crippen LogP contribution >= 0.6 is 0 Å². The first-order valence-corrected chi connectivity index (χ1v) is 9.88. The third kappa shape index (κ3) is 3.44. The molecule has 0 atom stereocenters. The van der Waals surface area contributed by atoms with Gasteiger partial charge >= 0.3 is 0 Å². The molecule has 4 rings (SSSR count). The van der Waals surface area contributed by atoms with Crippen molar-refractivity contribution in [2.75, 3.05) is 0 Å². The van der Waals surface area contributed by atoms with Gasteiger partial charge in [0.25, 0.3) is 0 Å². The lowest BCUT2D eigenvalue weighted by molar-refractivity contribution is -0.660. The molecule has 1 heteroatoms. The number of nitrogens with zero attached hydrogens (tertiary/aromatic N) is 1. The van der Waals surface area contributed by atoms with E-state index in [-0.39, 0.29) is 0 Å². The highest BCUT2D eigenvalue weighted by Crippen LogP contribution is 2.34. The van der Waals surface area contributed by atoms with E-state index in [9.17, 15) is 0 Å². The zero-order valence-electron chi connectivity index (χ0n) is 15.9. The molecule has 3 aromatic rings. The Balaban J connectivity index is 1.70. The van der Waals surface area contributed by atoms with Crippen molar-refractivity contribution in [3.63, 3.8) is 0 Å². The maximum atomic E-state index is 2.43. The quantitative estimate of drug-likeness (QED) is 0.499. The molecule has 1 nitrogen and oxygen atoms in total. The van der Waals surface area contributed by atoms with Crippen molar-refractivity contribution in [2.45, 2.75) is 44.9 Å². The lowest BCUT2D eigenvalue weighted by atomic mass is 9.84. The molecule has 0 amide bonds. The van der Waals surface area contributed by atoms with Crippen LogP contribution in [0.4, 0.5) is 0 Å². The third-order valence-corrected chi connectivity index (χ3v) is 5.86. The Bertz CT molecular complexity index is 889. The second-order valence-corrected chi connectivity index (χ2v) is 7.69. The van der Waals surface area contributed by atoms with Gasteiger partial charge < -0.3 is 0 Å². The molecule has 26 heavy (non-hydrogen) atoms. The molecule has 1 fully saturated rings. The Hall–Kier alpha value is -2.41. The second kappa shape index (κ2) is 7.45. The molecule has 0 bridgehead atoms. The minimum absolute atomic E-state index is 0.743. The maximum absolute atomic E-state index is 2.43. The van der Waals surface area contributed by atoms with Gasteiger partial charge in [-0.3, -0.25) is 0 Å². The van der Waals surface area contributed by atoms with E-state index >= 15 is 0 Å². The number of rotatable bonds is 3. The van der Waals surface area contributed by atoms with Gasteiger partial charge in [-0.05, 0) is 54.0 Å². The Labute approximate surface area is 157 Å². The van der Waals surface area contributed by atoms with E-state index in [0.29, 0.717) is 0 Å². The summed E-state index contributed by atoms with van der Waals surface area (Å²) in [6.45, 7) is 2.23. The third-order valence-electron chi connectivity index (χ3n) is 5.86. The van der Waals surface area contributed by atoms with E-state index in [0.717, 1.165) is 5.92 Å². The standard InChI is InChI=1S/C25H28N/c1-19-17-22(20-9-5-3-6-10-20)13-14-24(19)25-18-23(15-16-26(25)2)21-11-7-4-8-12-21/h3,5-6,9-10,13-18,21H,4,7-8,11-12H2,1-2H3/q+1. The van der Waals surface area contributed by atoms with Crippen molar-refractivity contribution < 1.29 is 4.57 Å². The summed E-state index contributed by atoms with van der Waals surface area (Å²) in [5, 5.41) is 0. The van der Waals surface area contributed by atoms with Gasteiger partial charge in [-0.1, -0.05) is 61.7 Å². The van der Waals surface area contributed by atoms with Crippen LogP contribution < -0.4 is 4.57 Å².